The molecule has 0 aliphatic rings. The third-order valence-corrected chi connectivity index (χ3v) is 2.63. The molecule has 6 nitrogen and oxygen atoms in total. The van der Waals surface area contributed by atoms with E-state index >= 15 is 0 Å². The number of nitrogens with two attached hydrogens (primary N) is 2. The molecule has 2 rings (SSSR count). The molecule has 98 valence electrons. The highest BCUT2D eigenvalue weighted by molar-refractivity contribution is 5.88. The molecule has 0 spiro atoms. The predicted molar refractivity (Wildman–Crippen MR) is 73.2 cm³/mol. The Hall–Kier alpha value is -2.57. The molecule has 0 saturated heterocycles. The molecule has 0 unspecified atom stereocenters. The number of hydrazine groups is 3. The van der Waals surface area contributed by atoms with Crippen LogP contribution in [0.2, 0.25) is 0 Å². The van der Waals surface area contributed by atoms with Gasteiger partial charge in [0.25, 0.3) is 0 Å². The topological polar surface area (TPSA) is 95.8 Å². The van der Waals surface area contributed by atoms with E-state index in [1.165, 1.54) is 22.4 Å². The lowest BCUT2D eigenvalue weighted by atomic mass is 10.2. The van der Waals surface area contributed by atoms with Gasteiger partial charge in [0.15, 0.2) is 0 Å². The summed E-state index contributed by atoms with van der Waals surface area (Å²) in [4.78, 5) is 10.8. The largest absolute Gasteiger partial charge is 0.478 e. The molecule has 0 atom stereocenters. The molecule has 0 saturated carbocycles. The maximum atomic E-state index is 10.8. The molecule has 6 heteroatoms. The van der Waals surface area contributed by atoms with Crippen LogP contribution in [0.1, 0.15) is 10.4 Å². The number of hydrogen-bond donors (Lipinski definition) is 3. The second-order valence-corrected chi connectivity index (χ2v) is 3.88. The highest BCUT2D eigenvalue weighted by Gasteiger charge is 2.10. The summed E-state index contributed by atoms with van der Waals surface area (Å²) < 4.78 is 0. The van der Waals surface area contributed by atoms with Crippen molar-refractivity contribution < 1.29 is 9.90 Å². The first-order valence-electron chi connectivity index (χ1n) is 5.57. The van der Waals surface area contributed by atoms with Gasteiger partial charge in [0.05, 0.1) is 16.9 Å². The van der Waals surface area contributed by atoms with Crippen LogP contribution in [-0.2, 0) is 0 Å². The number of anilines is 2. The van der Waals surface area contributed by atoms with E-state index < -0.39 is 5.97 Å². The predicted octanol–water partition coefficient (Wildman–Crippen LogP) is 1.36. The van der Waals surface area contributed by atoms with E-state index in [2.05, 4.69) is 0 Å². The fraction of sp³-hybridized carbons (Fsp3) is 0. The zero-order valence-corrected chi connectivity index (χ0v) is 10.1. The molecule has 0 heterocycles. The van der Waals surface area contributed by atoms with E-state index in [1.807, 2.05) is 30.3 Å². The fourth-order valence-electron chi connectivity index (χ4n) is 1.59. The van der Waals surface area contributed by atoms with Crippen LogP contribution in [0, 0.1) is 0 Å². The van der Waals surface area contributed by atoms with E-state index in [-0.39, 0.29) is 5.56 Å². The van der Waals surface area contributed by atoms with E-state index in [0.29, 0.717) is 11.4 Å². The number of benzene rings is 2. The monoisotopic (exact) mass is 258 g/mol. The fourth-order valence-corrected chi connectivity index (χ4v) is 1.59. The van der Waals surface area contributed by atoms with Crippen LogP contribution in [-0.4, -0.2) is 11.1 Å². The Morgan fingerprint density at radius 2 is 1.32 bits per heavy atom. The minimum Gasteiger partial charge on any atom is -0.478 e. The molecule has 5 N–H and O–H groups in total. The minimum atomic E-state index is -0.984. The molecule has 0 aliphatic heterocycles. The molecule has 0 aliphatic carbocycles. The summed E-state index contributed by atoms with van der Waals surface area (Å²) >= 11 is 0. The Morgan fingerprint density at radius 3 is 1.79 bits per heavy atom. The average molecular weight is 258 g/mol. The summed E-state index contributed by atoms with van der Waals surface area (Å²) in [6, 6.07) is 15.3. The third-order valence-electron chi connectivity index (χ3n) is 2.63. The van der Waals surface area contributed by atoms with E-state index in [4.69, 9.17) is 16.8 Å². The average Bonchev–Trinajstić information content (AvgIpc) is 2.46. The first-order chi connectivity index (χ1) is 9.09. The number of para-hydroxylation sites is 1. The van der Waals surface area contributed by atoms with Gasteiger partial charge in [-0.15, -0.1) is 0 Å². The molecule has 0 bridgehead atoms. The van der Waals surface area contributed by atoms with Crippen LogP contribution >= 0.6 is 0 Å². The summed E-state index contributed by atoms with van der Waals surface area (Å²) in [6.07, 6.45) is 0. The number of carboxylic acid groups (broad SMARTS) is 1. The van der Waals surface area contributed by atoms with Crippen molar-refractivity contribution >= 4 is 17.3 Å². The van der Waals surface area contributed by atoms with E-state index in [0.717, 1.165) is 0 Å². The number of hydrogen-bond acceptors (Lipinski definition) is 5. The first-order valence-corrected chi connectivity index (χ1v) is 5.57. The highest BCUT2D eigenvalue weighted by Crippen LogP contribution is 2.17. The normalized spacial score (nSPS) is 10.0. The van der Waals surface area contributed by atoms with Gasteiger partial charge in [-0.1, -0.05) is 18.2 Å². The Balaban J connectivity index is 2.19. The van der Waals surface area contributed by atoms with Crippen LogP contribution in [0.25, 0.3) is 0 Å². The number of carboxylic acids is 1. The summed E-state index contributed by atoms with van der Waals surface area (Å²) in [7, 11) is 0. The van der Waals surface area contributed by atoms with Crippen molar-refractivity contribution in [2.75, 3.05) is 10.2 Å². The lowest BCUT2D eigenvalue weighted by molar-refractivity contribution is 0.0697. The molecular formula is C13H14N4O2. The molecule has 19 heavy (non-hydrogen) atoms. The number of nitrogens with zero attached hydrogens (tertiary/aromatic N) is 2. The maximum Gasteiger partial charge on any atom is 0.335 e. The summed E-state index contributed by atoms with van der Waals surface area (Å²) in [5.41, 5.74) is 1.49. The van der Waals surface area contributed by atoms with Crippen molar-refractivity contribution in [3.63, 3.8) is 0 Å². The van der Waals surface area contributed by atoms with Crippen molar-refractivity contribution in [2.45, 2.75) is 0 Å². The van der Waals surface area contributed by atoms with Crippen molar-refractivity contribution in [1.29, 1.82) is 0 Å². The van der Waals surface area contributed by atoms with Crippen LogP contribution < -0.4 is 21.9 Å². The third kappa shape index (κ3) is 2.82. The van der Waals surface area contributed by atoms with Crippen LogP contribution in [0.15, 0.2) is 54.6 Å². The molecule has 0 radical (unpaired) electrons. The van der Waals surface area contributed by atoms with E-state index in [9.17, 15) is 4.79 Å². The summed E-state index contributed by atoms with van der Waals surface area (Å²) in [6.45, 7) is 0. The minimum absolute atomic E-state index is 0.195. The van der Waals surface area contributed by atoms with Gasteiger partial charge in [0, 0.05) is 0 Å². The van der Waals surface area contributed by atoms with Crippen LogP contribution in [0.3, 0.4) is 0 Å². The summed E-state index contributed by atoms with van der Waals surface area (Å²) in [5.74, 6) is 10.8. The molecule has 2 aromatic rings. The Morgan fingerprint density at radius 1 is 0.842 bits per heavy atom. The molecular weight excluding hydrogens is 244 g/mol. The molecule has 0 aromatic heterocycles. The second kappa shape index (κ2) is 5.38. The van der Waals surface area contributed by atoms with Crippen molar-refractivity contribution in [1.82, 2.24) is 0 Å². The van der Waals surface area contributed by atoms with Crippen molar-refractivity contribution in [3.8, 4) is 0 Å². The lowest BCUT2D eigenvalue weighted by Crippen LogP contribution is -2.52. The zero-order chi connectivity index (χ0) is 13.8. The van der Waals surface area contributed by atoms with Gasteiger partial charge in [-0.2, -0.15) is 0 Å². The smallest absolute Gasteiger partial charge is 0.335 e. The highest BCUT2D eigenvalue weighted by atomic mass is 16.4. The second-order valence-electron chi connectivity index (χ2n) is 3.88. The van der Waals surface area contributed by atoms with Crippen molar-refractivity contribution in [2.24, 2.45) is 11.7 Å². The Kier molecular flexibility index (Phi) is 3.65. The van der Waals surface area contributed by atoms with Gasteiger partial charge in [0.1, 0.15) is 0 Å². The van der Waals surface area contributed by atoms with Gasteiger partial charge in [0.2, 0.25) is 0 Å². The maximum absolute atomic E-state index is 10.8. The molecule has 0 amide bonds. The summed E-state index contributed by atoms with van der Waals surface area (Å²) in [5, 5.41) is 11.3. The first kappa shape index (κ1) is 12.9. The zero-order valence-electron chi connectivity index (χ0n) is 10.1. The Labute approximate surface area is 110 Å². The van der Waals surface area contributed by atoms with Gasteiger partial charge < -0.3 is 5.11 Å². The van der Waals surface area contributed by atoms with Gasteiger partial charge in [-0.3, -0.25) is 0 Å². The SMILES string of the molecule is NN(c1ccccc1)N(N)c1ccc(C(=O)O)cc1. The quantitative estimate of drug-likeness (QED) is 0.566. The van der Waals surface area contributed by atoms with Crippen molar-refractivity contribution in [3.05, 3.63) is 60.2 Å². The standard InChI is InChI=1S/C13H14N4O2/c14-16(11-4-2-1-3-5-11)17(15)12-8-6-10(7-9-12)13(18)19/h1-9H,14-15H2,(H,18,19). The number of rotatable bonds is 4. The van der Waals surface area contributed by atoms with Crippen LogP contribution in [0.5, 0.6) is 0 Å². The van der Waals surface area contributed by atoms with Crippen LogP contribution in [0.4, 0.5) is 11.4 Å². The molecule has 2 aromatic carbocycles. The number of carbonyl (C=O) groups is 1. The number of aromatic carboxylic acids is 1. The van der Waals surface area contributed by atoms with Gasteiger partial charge >= 0.3 is 5.97 Å². The Bertz CT molecular complexity index is 557. The van der Waals surface area contributed by atoms with Gasteiger partial charge in [-0.25, -0.2) is 26.7 Å². The van der Waals surface area contributed by atoms with E-state index in [1.54, 1.807) is 12.1 Å². The van der Waals surface area contributed by atoms with Gasteiger partial charge in [-0.05, 0) is 36.4 Å². The molecule has 0 fully saturated rings. The lowest BCUT2D eigenvalue weighted by Gasteiger charge is -2.29.